The third-order valence-electron chi connectivity index (χ3n) is 7.16. The maximum Gasteiger partial charge on any atom is 0.330 e. The van der Waals surface area contributed by atoms with Crippen LogP contribution in [0.5, 0.6) is 0 Å². The molecular weight excluding hydrogens is 496 g/mol. The molecule has 3 aromatic heterocycles. The monoisotopic (exact) mass is 524 g/mol. The van der Waals surface area contributed by atoms with Crippen molar-refractivity contribution in [1.29, 1.82) is 0 Å². The van der Waals surface area contributed by atoms with Crippen molar-refractivity contribution in [2.45, 2.75) is 32.1 Å². The van der Waals surface area contributed by atoms with Crippen molar-refractivity contribution in [1.82, 2.24) is 24.7 Å². The Morgan fingerprint density at radius 3 is 2.51 bits per heavy atom. The number of hydrogen-bond donors (Lipinski definition) is 2. The number of ether oxygens (including phenoxy) is 1. The lowest BCUT2D eigenvalue weighted by Crippen LogP contribution is -2.33. The Bertz CT molecular complexity index is 1840. The number of fused-ring (bicyclic) bond motifs is 2. The van der Waals surface area contributed by atoms with Gasteiger partial charge in [0.1, 0.15) is 11.9 Å². The minimum Gasteiger partial charge on any atom is -0.394 e. The third-order valence-corrected chi connectivity index (χ3v) is 7.16. The highest BCUT2D eigenvalue weighted by atomic mass is 16.5. The van der Waals surface area contributed by atoms with E-state index in [2.05, 4.69) is 33.4 Å². The van der Waals surface area contributed by atoms with Gasteiger partial charge < -0.3 is 14.7 Å². The van der Waals surface area contributed by atoms with Crippen LogP contribution in [-0.2, 0) is 4.74 Å². The van der Waals surface area contributed by atoms with Gasteiger partial charge in [-0.15, -0.1) is 5.10 Å². The summed E-state index contributed by atoms with van der Waals surface area (Å²) in [6.45, 7) is 1.67. The summed E-state index contributed by atoms with van der Waals surface area (Å²) < 4.78 is 7.18. The standard InChI is InChI=1S/C29H28N6O4/c1-16-10-22(23-14-35(29(38)31-28(23)37)26-9-8-21(15-36)39-26)27(33-32-16)19-5-4-17-11-18-6-7-20(34(2)3)13-25(18)30-24(17)12-19/h4-7,10-14,21,26,36H,8-9,15H2,1-3H3,(H,31,37,38)/t21-,26+/m0/s1. The summed E-state index contributed by atoms with van der Waals surface area (Å²) in [5, 5.41) is 20.2. The molecule has 6 rings (SSSR count). The number of rotatable bonds is 5. The van der Waals surface area contributed by atoms with Crippen molar-refractivity contribution in [2.75, 3.05) is 25.6 Å². The van der Waals surface area contributed by atoms with E-state index in [1.165, 1.54) is 10.8 Å². The van der Waals surface area contributed by atoms with Gasteiger partial charge in [0, 0.05) is 47.9 Å². The van der Waals surface area contributed by atoms with Gasteiger partial charge in [-0.05, 0) is 50.1 Å². The molecule has 0 unspecified atom stereocenters. The van der Waals surface area contributed by atoms with E-state index >= 15 is 0 Å². The van der Waals surface area contributed by atoms with Crippen molar-refractivity contribution < 1.29 is 9.84 Å². The van der Waals surface area contributed by atoms with Gasteiger partial charge in [-0.1, -0.05) is 18.2 Å². The fourth-order valence-electron chi connectivity index (χ4n) is 5.06. The quantitative estimate of drug-likeness (QED) is 0.335. The molecule has 1 saturated heterocycles. The van der Waals surface area contributed by atoms with Crippen LogP contribution in [0.2, 0.25) is 0 Å². The molecule has 0 aliphatic carbocycles. The van der Waals surface area contributed by atoms with Crippen LogP contribution in [-0.4, -0.2) is 56.6 Å². The van der Waals surface area contributed by atoms with Gasteiger partial charge in [0.25, 0.3) is 5.56 Å². The van der Waals surface area contributed by atoms with Crippen molar-refractivity contribution >= 4 is 27.5 Å². The molecule has 0 bridgehead atoms. The number of anilines is 1. The number of aliphatic hydroxyl groups is 1. The smallest absolute Gasteiger partial charge is 0.330 e. The molecule has 1 aliphatic rings. The second-order valence-electron chi connectivity index (χ2n) is 10.1. The van der Waals surface area contributed by atoms with Crippen LogP contribution in [0.1, 0.15) is 24.8 Å². The first-order valence-corrected chi connectivity index (χ1v) is 12.8. The number of aromatic amines is 1. The van der Waals surface area contributed by atoms with Gasteiger partial charge >= 0.3 is 5.69 Å². The van der Waals surface area contributed by atoms with Crippen LogP contribution in [0, 0.1) is 6.92 Å². The summed E-state index contributed by atoms with van der Waals surface area (Å²) in [6, 6.07) is 15.9. The summed E-state index contributed by atoms with van der Waals surface area (Å²) in [7, 11) is 3.99. The molecule has 0 amide bonds. The summed E-state index contributed by atoms with van der Waals surface area (Å²) in [6.07, 6.45) is 1.78. The Morgan fingerprint density at radius 2 is 1.77 bits per heavy atom. The molecule has 2 N–H and O–H groups in total. The Balaban J connectivity index is 1.49. The predicted octanol–water partition coefficient (Wildman–Crippen LogP) is 3.41. The molecule has 10 nitrogen and oxygen atoms in total. The van der Waals surface area contributed by atoms with Crippen LogP contribution in [0.3, 0.4) is 0 Å². The maximum absolute atomic E-state index is 13.1. The average Bonchev–Trinajstić information content (AvgIpc) is 3.40. The van der Waals surface area contributed by atoms with Crippen LogP contribution < -0.4 is 16.1 Å². The SMILES string of the molecule is Cc1cc(-c2cn([C@H]3CC[C@@H](CO)O3)c(=O)[nH]c2=O)c(-c2ccc3cc4ccc(N(C)C)cc4nc3c2)nn1. The lowest BCUT2D eigenvalue weighted by Gasteiger charge is -2.16. The molecule has 4 heterocycles. The second-order valence-corrected chi connectivity index (χ2v) is 10.1. The van der Waals surface area contributed by atoms with Gasteiger partial charge in [-0.2, -0.15) is 5.10 Å². The Hall–Kier alpha value is -4.41. The van der Waals surface area contributed by atoms with E-state index in [0.717, 1.165) is 33.1 Å². The zero-order chi connectivity index (χ0) is 27.3. The average molecular weight is 525 g/mol. The van der Waals surface area contributed by atoms with E-state index in [4.69, 9.17) is 9.72 Å². The van der Waals surface area contributed by atoms with E-state index in [0.29, 0.717) is 29.8 Å². The van der Waals surface area contributed by atoms with Crippen molar-refractivity contribution in [3.63, 3.8) is 0 Å². The fourth-order valence-corrected chi connectivity index (χ4v) is 5.06. The molecule has 1 fully saturated rings. The van der Waals surface area contributed by atoms with Crippen LogP contribution in [0.25, 0.3) is 44.2 Å². The number of pyridine rings is 1. The van der Waals surface area contributed by atoms with Gasteiger partial charge in [-0.25, -0.2) is 9.78 Å². The molecule has 5 aromatic rings. The zero-order valence-corrected chi connectivity index (χ0v) is 21.9. The normalized spacial score (nSPS) is 17.2. The molecule has 2 atom stereocenters. The topological polar surface area (TPSA) is 126 Å². The Morgan fingerprint density at radius 1 is 1.00 bits per heavy atom. The number of aliphatic hydroxyl groups excluding tert-OH is 1. The summed E-state index contributed by atoms with van der Waals surface area (Å²) in [4.78, 5) is 35.1. The predicted molar refractivity (Wildman–Crippen MR) is 150 cm³/mol. The molecule has 39 heavy (non-hydrogen) atoms. The fraction of sp³-hybridized carbons (Fsp3) is 0.276. The van der Waals surface area contributed by atoms with E-state index in [1.807, 2.05) is 43.3 Å². The van der Waals surface area contributed by atoms with E-state index in [9.17, 15) is 14.7 Å². The minimum absolute atomic E-state index is 0.124. The number of nitrogens with zero attached hydrogens (tertiary/aromatic N) is 5. The minimum atomic E-state index is -0.574. The molecule has 0 saturated carbocycles. The lowest BCUT2D eigenvalue weighted by molar-refractivity contribution is -0.0245. The van der Waals surface area contributed by atoms with Crippen LogP contribution in [0.15, 0.2) is 64.3 Å². The number of aryl methyl sites for hydroxylation is 1. The molecule has 198 valence electrons. The number of aromatic nitrogens is 5. The van der Waals surface area contributed by atoms with Crippen LogP contribution in [0.4, 0.5) is 5.69 Å². The van der Waals surface area contributed by atoms with Crippen molar-refractivity contribution in [2.24, 2.45) is 0 Å². The number of H-pyrrole nitrogens is 1. The Kier molecular flexibility index (Phi) is 6.20. The first kappa shape index (κ1) is 24.9. The van der Waals surface area contributed by atoms with Gasteiger partial charge in [0.15, 0.2) is 0 Å². The highest BCUT2D eigenvalue weighted by Crippen LogP contribution is 2.33. The van der Waals surface area contributed by atoms with E-state index in [1.54, 1.807) is 13.0 Å². The highest BCUT2D eigenvalue weighted by Gasteiger charge is 2.28. The number of hydrogen-bond acceptors (Lipinski definition) is 8. The third kappa shape index (κ3) is 4.58. The van der Waals surface area contributed by atoms with Crippen LogP contribution >= 0.6 is 0 Å². The summed E-state index contributed by atoms with van der Waals surface area (Å²) in [5.41, 5.74) is 4.34. The molecule has 1 aliphatic heterocycles. The molecule has 2 aromatic carbocycles. The molecule has 10 heteroatoms. The van der Waals surface area contributed by atoms with Crippen molar-refractivity contribution in [3.05, 3.63) is 81.3 Å². The molecule has 0 radical (unpaired) electrons. The van der Waals surface area contributed by atoms with E-state index in [-0.39, 0.29) is 18.3 Å². The summed E-state index contributed by atoms with van der Waals surface area (Å²) >= 11 is 0. The molecule has 0 spiro atoms. The lowest BCUT2D eigenvalue weighted by atomic mass is 9.99. The zero-order valence-electron chi connectivity index (χ0n) is 21.9. The largest absolute Gasteiger partial charge is 0.394 e. The maximum atomic E-state index is 13.1. The second kappa shape index (κ2) is 9.72. The first-order valence-electron chi connectivity index (χ1n) is 12.8. The van der Waals surface area contributed by atoms with E-state index < -0.39 is 17.5 Å². The summed E-state index contributed by atoms with van der Waals surface area (Å²) in [5.74, 6) is 0. The Labute approximate surface area is 223 Å². The van der Waals surface area contributed by atoms with Gasteiger partial charge in [-0.3, -0.25) is 14.3 Å². The molecular formula is C29H28N6O4. The number of nitrogens with one attached hydrogen (secondary N) is 1. The van der Waals surface area contributed by atoms with Gasteiger partial charge in [0.05, 0.1) is 35.0 Å². The highest BCUT2D eigenvalue weighted by molar-refractivity contribution is 5.96. The number of benzene rings is 2. The van der Waals surface area contributed by atoms with Gasteiger partial charge in [0.2, 0.25) is 0 Å². The van der Waals surface area contributed by atoms with Crippen molar-refractivity contribution in [3.8, 4) is 22.4 Å². The first-order chi connectivity index (χ1) is 18.8.